The van der Waals surface area contributed by atoms with Crippen LogP contribution in [0.25, 0.3) is 0 Å². The van der Waals surface area contributed by atoms with Gasteiger partial charge in [-0.15, -0.1) is 0 Å². The molecule has 0 radical (unpaired) electrons. The molecule has 1 atom stereocenters. The molecule has 0 aliphatic heterocycles. The van der Waals surface area contributed by atoms with Gasteiger partial charge >= 0.3 is 6.18 Å². The first kappa shape index (κ1) is 16.1. The van der Waals surface area contributed by atoms with Gasteiger partial charge < -0.3 is 15.2 Å². The van der Waals surface area contributed by atoms with Gasteiger partial charge in [-0.05, 0) is 40.5 Å². The topological polar surface area (TPSA) is 41.5 Å². The highest BCUT2D eigenvalue weighted by Gasteiger charge is 2.29. The van der Waals surface area contributed by atoms with Crippen molar-refractivity contribution in [2.45, 2.75) is 32.1 Å². The minimum absolute atomic E-state index is 0.0328. The number of hydrogen-bond acceptors (Lipinski definition) is 3. The number of hydrogen-bond donors (Lipinski definition) is 2. The number of aromatic hydroxyl groups is 1. The highest BCUT2D eigenvalue weighted by atomic mass is 79.9. The predicted molar refractivity (Wildman–Crippen MR) is 69.3 cm³/mol. The number of benzene rings is 1. The lowest BCUT2D eigenvalue weighted by molar-refractivity contribution is -0.139. The first-order chi connectivity index (χ1) is 8.73. The van der Waals surface area contributed by atoms with E-state index in [2.05, 4.69) is 21.2 Å². The maximum atomic E-state index is 12.2. The minimum Gasteiger partial charge on any atom is -0.503 e. The van der Waals surface area contributed by atoms with Gasteiger partial charge in [-0.2, -0.15) is 13.2 Å². The summed E-state index contributed by atoms with van der Waals surface area (Å²) in [6.07, 6.45) is -5.07. The van der Waals surface area contributed by atoms with Gasteiger partial charge in [0.2, 0.25) is 0 Å². The van der Waals surface area contributed by atoms with Crippen molar-refractivity contribution >= 4 is 15.9 Å². The highest BCUT2D eigenvalue weighted by Crippen LogP contribution is 2.35. The second kappa shape index (κ2) is 6.47. The smallest absolute Gasteiger partial charge is 0.390 e. The van der Waals surface area contributed by atoms with Crippen LogP contribution in [-0.4, -0.2) is 24.4 Å². The zero-order chi connectivity index (χ0) is 14.6. The summed E-state index contributed by atoms with van der Waals surface area (Å²) in [6.45, 7) is 1.73. The zero-order valence-corrected chi connectivity index (χ0v) is 12.1. The Hall–Kier alpha value is -0.950. The molecular weight excluding hydrogens is 327 g/mol. The number of ether oxygens (including phenoxy) is 1. The molecule has 0 spiro atoms. The van der Waals surface area contributed by atoms with E-state index in [1.54, 1.807) is 12.1 Å². The van der Waals surface area contributed by atoms with E-state index in [0.717, 1.165) is 5.56 Å². The standard InChI is InChI=1S/C12H15BrF3NO2/c1-7(5-12(14,15)16)17-6-8-3-9(13)11(18)10(4-8)19-2/h3-4,7,17-18H,5-6H2,1-2H3. The van der Waals surface area contributed by atoms with Crippen LogP contribution in [0.15, 0.2) is 16.6 Å². The molecule has 0 aromatic heterocycles. The van der Waals surface area contributed by atoms with Crippen molar-refractivity contribution in [2.75, 3.05) is 7.11 Å². The quantitative estimate of drug-likeness (QED) is 0.859. The maximum absolute atomic E-state index is 12.2. The second-order valence-electron chi connectivity index (χ2n) is 4.23. The van der Waals surface area contributed by atoms with E-state index >= 15 is 0 Å². The van der Waals surface area contributed by atoms with Crippen molar-refractivity contribution in [2.24, 2.45) is 0 Å². The molecule has 3 nitrogen and oxygen atoms in total. The highest BCUT2D eigenvalue weighted by molar-refractivity contribution is 9.10. The summed E-state index contributed by atoms with van der Waals surface area (Å²) in [7, 11) is 1.41. The average molecular weight is 342 g/mol. The summed E-state index contributed by atoms with van der Waals surface area (Å²) in [5, 5.41) is 12.4. The van der Waals surface area contributed by atoms with Crippen molar-refractivity contribution < 1.29 is 23.0 Å². The van der Waals surface area contributed by atoms with Gasteiger partial charge in [-0.25, -0.2) is 0 Å². The van der Waals surface area contributed by atoms with E-state index < -0.39 is 18.6 Å². The van der Waals surface area contributed by atoms with Crippen LogP contribution in [0.2, 0.25) is 0 Å². The molecule has 1 unspecified atom stereocenters. The molecule has 0 fully saturated rings. The van der Waals surface area contributed by atoms with E-state index in [1.165, 1.54) is 14.0 Å². The van der Waals surface area contributed by atoms with Crippen molar-refractivity contribution in [3.05, 3.63) is 22.2 Å². The Morgan fingerprint density at radius 1 is 1.42 bits per heavy atom. The minimum atomic E-state index is -4.18. The van der Waals surface area contributed by atoms with Crippen LogP contribution in [0, 0.1) is 0 Å². The number of phenols is 1. The van der Waals surface area contributed by atoms with E-state index in [-0.39, 0.29) is 18.0 Å². The molecule has 19 heavy (non-hydrogen) atoms. The van der Waals surface area contributed by atoms with Crippen LogP contribution >= 0.6 is 15.9 Å². The summed E-state index contributed by atoms with van der Waals surface area (Å²) < 4.78 is 41.9. The Balaban J connectivity index is 2.66. The van der Waals surface area contributed by atoms with E-state index in [9.17, 15) is 18.3 Å². The third-order valence-electron chi connectivity index (χ3n) is 2.50. The van der Waals surface area contributed by atoms with E-state index in [4.69, 9.17) is 4.74 Å². The summed E-state index contributed by atoms with van der Waals surface area (Å²) in [4.78, 5) is 0. The number of methoxy groups -OCH3 is 1. The van der Waals surface area contributed by atoms with E-state index in [1.807, 2.05) is 0 Å². The third kappa shape index (κ3) is 5.28. The summed E-state index contributed by atoms with van der Waals surface area (Å²) >= 11 is 3.16. The van der Waals surface area contributed by atoms with Gasteiger partial charge in [0.1, 0.15) is 0 Å². The lowest BCUT2D eigenvalue weighted by atomic mass is 10.1. The number of alkyl halides is 3. The van der Waals surface area contributed by atoms with Gasteiger partial charge in [0.15, 0.2) is 11.5 Å². The van der Waals surface area contributed by atoms with Crippen LogP contribution in [0.4, 0.5) is 13.2 Å². The molecule has 0 aliphatic rings. The molecule has 0 aliphatic carbocycles. The average Bonchev–Trinajstić information content (AvgIpc) is 2.28. The Labute approximate surface area is 117 Å². The summed E-state index contributed by atoms with van der Waals surface area (Å²) in [5.74, 6) is 0.240. The first-order valence-corrected chi connectivity index (χ1v) is 6.37. The molecule has 1 rings (SSSR count). The fourth-order valence-electron chi connectivity index (χ4n) is 1.60. The van der Waals surface area contributed by atoms with Crippen LogP contribution in [-0.2, 0) is 6.54 Å². The molecule has 2 N–H and O–H groups in total. The fraction of sp³-hybridized carbons (Fsp3) is 0.500. The molecule has 0 amide bonds. The van der Waals surface area contributed by atoms with Gasteiger partial charge in [-0.3, -0.25) is 0 Å². The first-order valence-electron chi connectivity index (χ1n) is 5.58. The molecule has 0 saturated heterocycles. The molecule has 1 aromatic carbocycles. The number of phenolic OH excluding ortho intramolecular Hbond substituents is 1. The maximum Gasteiger partial charge on any atom is 0.390 e. The van der Waals surface area contributed by atoms with Crippen LogP contribution < -0.4 is 10.1 Å². The molecule has 0 heterocycles. The van der Waals surface area contributed by atoms with Crippen molar-refractivity contribution in [1.29, 1.82) is 0 Å². The predicted octanol–water partition coefficient (Wildman–Crippen LogP) is 3.59. The van der Waals surface area contributed by atoms with Gasteiger partial charge in [0.05, 0.1) is 18.0 Å². The number of nitrogens with one attached hydrogen (secondary N) is 1. The fourth-order valence-corrected chi connectivity index (χ4v) is 2.09. The Kier molecular flexibility index (Phi) is 5.49. The Bertz CT molecular complexity index is 438. The van der Waals surface area contributed by atoms with Crippen molar-refractivity contribution in [3.63, 3.8) is 0 Å². The Morgan fingerprint density at radius 3 is 2.58 bits per heavy atom. The van der Waals surface area contributed by atoms with Crippen LogP contribution in [0.5, 0.6) is 11.5 Å². The van der Waals surface area contributed by atoms with Gasteiger partial charge in [0, 0.05) is 12.6 Å². The Morgan fingerprint density at radius 2 is 2.05 bits per heavy atom. The lowest BCUT2D eigenvalue weighted by Gasteiger charge is -2.16. The monoisotopic (exact) mass is 341 g/mol. The second-order valence-corrected chi connectivity index (χ2v) is 5.08. The normalized spacial score (nSPS) is 13.4. The van der Waals surface area contributed by atoms with E-state index in [0.29, 0.717) is 4.47 Å². The zero-order valence-electron chi connectivity index (χ0n) is 10.5. The summed E-state index contributed by atoms with van der Waals surface area (Å²) in [6, 6.07) is 2.53. The van der Waals surface area contributed by atoms with Crippen molar-refractivity contribution in [1.82, 2.24) is 5.32 Å². The largest absolute Gasteiger partial charge is 0.503 e. The van der Waals surface area contributed by atoms with Gasteiger partial charge in [-0.1, -0.05) is 0 Å². The van der Waals surface area contributed by atoms with Crippen molar-refractivity contribution in [3.8, 4) is 11.5 Å². The SMILES string of the molecule is COc1cc(CNC(C)CC(F)(F)F)cc(Br)c1O. The molecule has 0 bridgehead atoms. The molecule has 108 valence electrons. The number of halogens is 4. The molecular formula is C12H15BrF3NO2. The third-order valence-corrected chi connectivity index (χ3v) is 3.10. The lowest BCUT2D eigenvalue weighted by Crippen LogP contribution is -2.30. The number of rotatable bonds is 5. The van der Waals surface area contributed by atoms with Gasteiger partial charge in [0.25, 0.3) is 0 Å². The molecule has 1 aromatic rings. The van der Waals surface area contributed by atoms with Crippen LogP contribution in [0.3, 0.4) is 0 Å². The molecule has 0 saturated carbocycles. The molecule has 7 heteroatoms. The van der Waals surface area contributed by atoms with Crippen LogP contribution in [0.1, 0.15) is 18.9 Å². The summed E-state index contributed by atoms with van der Waals surface area (Å²) in [5.41, 5.74) is 0.718.